The van der Waals surface area contributed by atoms with Crippen molar-refractivity contribution in [2.24, 2.45) is 5.92 Å². The largest absolute Gasteiger partial charge is 0.481 e. The molecule has 0 aliphatic carbocycles. The molecule has 19 heavy (non-hydrogen) atoms. The van der Waals surface area contributed by atoms with Crippen molar-refractivity contribution in [1.82, 2.24) is 10.2 Å². The standard InChI is InChI=1S/C12H24N2O5/c1-4-14(9-10(2)11(15)16)12(17)13-5-6-19-8-7-18-3/h10H,4-9H2,1-3H3,(H,13,17)(H,15,16). The lowest BCUT2D eigenvalue weighted by Crippen LogP contribution is -2.44. The number of nitrogens with one attached hydrogen (secondary N) is 1. The van der Waals surface area contributed by atoms with Crippen LogP contribution in [-0.2, 0) is 14.3 Å². The van der Waals surface area contributed by atoms with Gasteiger partial charge in [-0.15, -0.1) is 0 Å². The van der Waals surface area contributed by atoms with Crippen molar-refractivity contribution < 1.29 is 24.2 Å². The molecule has 7 nitrogen and oxygen atoms in total. The second-order valence-corrected chi connectivity index (χ2v) is 4.12. The molecule has 2 N–H and O–H groups in total. The molecule has 0 aromatic rings. The zero-order valence-corrected chi connectivity index (χ0v) is 11.8. The van der Waals surface area contributed by atoms with Crippen molar-refractivity contribution in [2.45, 2.75) is 13.8 Å². The van der Waals surface area contributed by atoms with Crippen molar-refractivity contribution in [3.63, 3.8) is 0 Å². The molecule has 0 rings (SSSR count). The summed E-state index contributed by atoms with van der Waals surface area (Å²) in [5, 5.41) is 11.5. The fraction of sp³-hybridized carbons (Fsp3) is 0.833. The van der Waals surface area contributed by atoms with Crippen molar-refractivity contribution >= 4 is 12.0 Å². The van der Waals surface area contributed by atoms with E-state index in [0.29, 0.717) is 32.9 Å². The Morgan fingerprint density at radius 2 is 2.00 bits per heavy atom. The molecule has 0 heterocycles. The first-order valence-electron chi connectivity index (χ1n) is 6.35. The minimum Gasteiger partial charge on any atom is -0.481 e. The normalized spacial score (nSPS) is 11.9. The molecule has 112 valence electrons. The SMILES string of the molecule is CCN(CC(C)C(=O)O)C(=O)NCCOCCOC. The van der Waals surface area contributed by atoms with Gasteiger partial charge in [-0.3, -0.25) is 4.79 Å². The molecule has 1 atom stereocenters. The fourth-order valence-electron chi connectivity index (χ4n) is 1.35. The van der Waals surface area contributed by atoms with Gasteiger partial charge in [0.2, 0.25) is 0 Å². The van der Waals surface area contributed by atoms with Crippen LogP contribution in [0.1, 0.15) is 13.8 Å². The highest BCUT2D eigenvalue weighted by Crippen LogP contribution is 2.00. The van der Waals surface area contributed by atoms with E-state index < -0.39 is 11.9 Å². The predicted molar refractivity (Wildman–Crippen MR) is 70.1 cm³/mol. The average molecular weight is 276 g/mol. The van der Waals surface area contributed by atoms with Crippen LogP contribution in [0.4, 0.5) is 4.79 Å². The van der Waals surface area contributed by atoms with E-state index in [-0.39, 0.29) is 12.6 Å². The predicted octanol–water partition coefficient (Wildman–Crippen LogP) is 0.402. The molecule has 0 aliphatic rings. The number of carboxylic acid groups (broad SMARTS) is 1. The molecule has 0 aliphatic heterocycles. The van der Waals surface area contributed by atoms with E-state index in [9.17, 15) is 9.59 Å². The lowest BCUT2D eigenvalue weighted by atomic mass is 10.2. The first-order chi connectivity index (χ1) is 9.02. The van der Waals surface area contributed by atoms with Crippen molar-refractivity contribution in [1.29, 1.82) is 0 Å². The number of methoxy groups -OCH3 is 1. The smallest absolute Gasteiger partial charge is 0.317 e. The second-order valence-electron chi connectivity index (χ2n) is 4.12. The highest BCUT2D eigenvalue weighted by molar-refractivity contribution is 5.75. The third-order valence-electron chi connectivity index (χ3n) is 2.54. The van der Waals surface area contributed by atoms with Gasteiger partial charge in [0.1, 0.15) is 0 Å². The molecule has 0 fully saturated rings. The van der Waals surface area contributed by atoms with Crippen LogP contribution in [0, 0.1) is 5.92 Å². The summed E-state index contributed by atoms with van der Waals surface area (Å²) < 4.78 is 10.0. The summed E-state index contributed by atoms with van der Waals surface area (Å²) in [6, 6.07) is -0.272. The number of ether oxygens (including phenoxy) is 2. The Bertz CT molecular complexity index is 273. The molecule has 0 radical (unpaired) electrons. The second kappa shape index (κ2) is 10.6. The van der Waals surface area contributed by atoms with Crippen molar-refractivity contribution in [3.8, 4) is 0 Å². The molecule has 0 aromatic carbocycles. The van der Waals surface area contributed by atoms with E-state index >= 15 is 0 Å². The van der Waals surface area contributed by atoms with Crippen molar-refractivity contribution in [2.75, 3.05) is 46.6 Å². The van der Waals surface area contributed by atoms with E-state index in [1.165, 1.54) is 4.90 Å². The van der Waals surface area contributed by atoms with Gasteiger partial charge < -0.3 is 24.8 Å². The van der Waals surface area contributed by atoms with Gasteiger partial charge in [-0.2, -0.15) is 0 Å². The Morgan fingerprint density at radius 3 is 2.53 bits per heavy atom. The van der Waals surface area contributed by atoms with Crippen LogP contribution in [0.15, 0.2) is 0 Å². The quantitative estimate of drug-likeness (QED) is 0.564. The van der Waals surface area contributed by atoms with Crippen LogP contribution in [0.25, 0.3) is 0 Å². The molecule has 0 saturated heterocycles. The number of nitrogens with zero attached hydrogens (tertiary/aromatic N) is 1. The Hall–Kier alpha value is -1.34. The summed E-state index contributed by atoms with van der Waals surface area (Å²) in [6.07, 6.45) is 0. The number of carboxylic acids is 1. The summed E-state index contributed by atoms with van der Waals surface area (Å²) >= 11 is 0. The van der Waals surface area contributed by atoms with Gasteiger partial charge in [0.15, 0.2) is 0 Å². The number of carbonyl (C=O) groups excluding carboxylic acids is 1. The molecule has 0 aromatic heterocycles. The number of carbonyl (C=O) groups is 2. The topological polar surface area (TPSA) is 88.1 Å². The van der Waals surface area contributed by atoms with Crippen LogP contribution in [0.2, 0.25) is 0 Å². The third kappa shape index (κ3) is 8.39. The molecule has 0 bridgehead atoms. The van der Waals surface area contributed by atoms with Crippen LogP contribution in [0.5, 0.6) is 0 Å². The molecule has 0 spiro atoms. The summed E-state index contributed by atoms with van der Waals surface area (Å²) in [6.45, 7) is 5.85. The van der Waals surface area contributed by atoms with Crippen LogP contribution in [-0.4, -0.2) is 68.6 Å². The summed E-state index contributed by atoms with van der Waals surface area (Å²) in [5.41, 5.74) is 0. The zero-order valence-electron chi connectivity index (χ0n) is 11.8. The van der Waals surface area contributed by atoms with Crippen LogP contribution < -0.4 is 5.32 Å². The van der Waals surface area contributed by atoms with E-state index in [1.807, 2.05) is 6.92 Å². The average Bonchev–Trinajstić information content (AvgIpc) is 2.39. The number of amides is 2. The Labute approximate surface area is 113 Å². The van der Waals surface area contributed by atoms with E-state index in [1.54, 1.807) is 14.0 Å². The Kier molecular flexibility index (Phi) is 9.82. The highest BCUT2D eigenvalue weighted by Gasteiger charge is 2.18. The van der Waals surface area contributed by atoms with Crippen molar-refractivity contribution in [3.05, 3.63) is 0 Å². The maximum absolute atomic E-state index is 11.8. The first kappa shape index (κ1) is 17.7. The van der Waals surface area contributed by atoms with Gasteiger partial charge in [0, 0.05) is 26.7 Å². The lowest BCUT2D eigenvalue weighted by molar-refractivity contribution is -0.141. The maximum atomic E-state index is 11.8. The van der Waals surface area contributed by atoms with Gasteiger partial charge in [-0.25, -0.2) is 4.79 Å². The maximum Gasteiger partial charge on any atom is 0.317 e. The molecular formula is C12H24N2O5. The third-order valence-corrected chi connectivity index (χ3v) is 2.54. The number of rotatable bonds is 10. The summed E-state index contributed by atoms with van der Waals surface area (Å²) in [7, 11) is 1.59. The minimum absolute atomic E-state index is 0.197. The van der Waals surface area contributed by atoms with E-state index in [2.05, 4.69) is 5.32 Å². The number of urea groups is 1. The van der Waals surface area contributed by atoms with Gasteiger partial charge in [-0.05, 0) is 6.92 Å². The molecule has 2 amide bonds. The van der Waals surface area contributed by atoms with Gasteiger partial charge in [0.05, 0.1) is 25.7 Å². The summed E-state index contributed by atoms with van der Waals surface area (Å²) in [4.78, 5) is 24.0. The number of aliphatic carboxylic acids is 1. The number of hydrogen-bond donors (Lipinski definition) is 2. The van der Waals surface area contributed by atoms with Gasteiger partial charge in [0.25, 0.3) is 0 Å². The zero-order chi connectivity index (χ0) is 14.7. The Balaban J connectivity index is 3.85. The lowest BCUT2D eigenvalue weighted by Gasteiger charge is -2.23. The van der Waals surface area contributed by atoms with Gasteiger partial charge in [-0.1, -0.05) is 6.92 Å². The monoisotopic (exact) mass is 276 g/mol. The first-order valence-corrected chi connectivity index (χ1v) is 6.35. The van der Waals surface area contributed by atoms with Crippen LogP contribution in [0.3, 0.4) is 0 Å². The van der Waals surface area contributed by atoms with E-state index in [0.717, 1.165) is 0 Å². The van der Waals surface area contributed by atoms with E-state index in [4.69, 9.17) is 14.6 Å². The molecule has 0 saturated carbocycles. The molecular weight excluding hydrogens is 252 g/mol. The molecule has 1 unspecified atom stereocenters. The fourth-order valence-corrected chi connectivity index (χ4v) is 1.35. The number of hydrogen-bond acceptors (Lipinski definition) is 4. The van der Waals surface area contributed by atoms with Crippen LogP contribution >= 0.6 is 0 Å². The van der Waals surface area contributed by atoms with Gasteiger partial charge >= 0.3 is 12.0 Å². The summed E-state index contributed by atoms with van der Waals surface area (Å²) in [5.74, 6) is -1.49. The Morgan fingerprint density at radius 1 is 1.32 bits per heavy atom. The highest BCUT2D eigenvalue weighted by atomic mass is 16.5. The minimum atomic E-state index is -0.908. The molecule has 7 heteroatoms.